The molecule has 1 aromatic carbocycles. The monoisotopic (exact) mass is 410 g/mol. The Hall–Kier alpha value is -3.19. The summed E-state index contributed by atoms with van der Waals surface area (Å²) >= 11 is 1.59. The Morgan fingerprint density at radius 1 is 1.17 bits per heavy atom. The number of phenolic OH excluding ortho intramolecular Hbond substituents is 1. The number of thiophene rings is 1. The van der Waals surface area contributed by atoms with E-state index in [9.17, 15) is 14.7 Å². The van der Waals surface area contributed by atoms with Gasteiger partial charge in [0.1, 0.15) is 5.75 Å². The molecule has 0 saturated carbocycles. The van der Waals surface area contributed by atoms with E-state index in [0.29, 0.717) is 17.7 Å². The van der Waals surface area contributed by atoms with Gasteiger partial charge in [-0.1, -0.05) is 12.1 Å². The van der Waals surface area contributed by atoms with Crippen LogP contribution in [0.2, 0.25) is 0 Å². The smallest absolute Gasteiger partial charge is 0.310 e. The Balaban J connectivity index is 1.68. The molecular weight excluding hydrogens is 388 g/mol. The fraction of sp³-hybridized carbons (Fsp3) is 0.227. The molecule has 0 saturated heterocycles. The summed E-state index contributed by atoms with van der Waals surface area (Å²) < 4.78 is 4.88. The molecule has 150 valence electrons. The van der Waals surface area contributed by atoms with Crippen LogP contribution in [0.15, 0.2) is 53.2 Å². The number of nitrogens with zero attached hydrogens (tertiary/aromatic N) is 1. The second-order valence-corrected chi connectivity index (χ2v) is 7.42. The van der Waals surface area contributed by atoms with Crippen LogP contribution in [0.1, 0.15) is 21.6 Å². The molecule has 1 unspecified atom stereocenters. The molecule has 0 aliphatic heterocycles. The molecule has 0 bridgehead atoms. The molecule has 1 atom stereocenters. The molecule has 7 heteroatoms. The predicted octanol–water partition coefficient (Wildman–Crippen LogP) is 3.59. The van der Waals surface area contributed by atoms with Crippen LogP contribution in [-0.2, 0) is 16.0 Å². The van der Waals surface area contributed by atoms with Crippen LogP contribution in [-0.4, -0.2) is 35.6 Å². The largest absolute Gasteiger partial charge is 0.508 e. The lowest BCUT2D eigenvalue weighted by Crippen LogP contribution is -2.35. The number of esters is 1. The first-order chi connectivity index (χ1) is 14.0. The first-order valence-corrected chi connectivity index (χ1v) is 10.1. The average Bonchev–Trinajstić information content (AvgIpc) is 3.26. The first-order valence-electron chi connectivity index (χ1n) is 9.12. The molecule has 2 aromatic heterocycles. The number of amides is 1. The Kier molecular flexibility index (Phi) is 6.61. The average molecular weight is 410 g/mol. The number of benzene rings is 1. The van der Waals surface area contributed by atoms with E-state index in [-0.39, 0.29) is 18.2 Å². The molecule has 0 aliphatic rings. The minimum atomic E-state index is -0.535. The van der Waals surface area contributed by atoms with Crippen molar-refractivity contribution in [1.29, 1.82) is 0 Å². The SMILES string of the molecule is COC(=O)C(CNC(=O)c1ccc(-c2ccsc2)nc1C)Cc1ccc(O)cc1. The van der Waals surface area contributed by atoms with Crippen LogP contribution in [0.25, 0.3) is 11.3 Å². The van der Waals surface area contributed by atoms with Gasteiger partial charge in [-0.2, -0.15) is 11.3 Å². The van der Waals surface area contributed by atoms with Crippen molar-refractivity contribution in [3.63, 3.8) is 0 Å². The van der Waals surface area contributed by atoms with E-state index in [1.807, 2.05) is 22.9 Å². The van der Waals surface area contributed by atoms with E-state index < -0.39 is 11.9 Å². The fourth-order valence-electron chi connectivity index (χ4n) is 3.01. The summed E-state index contributed by atoms with van der Waals surface area (Å²) in [6.07, 6.45) is 0.390. The van der Waals surface area contributed by atoms with E-state index in [1.54, 1.807) is 48.6 Å². The van der Waals surface area contributed by atoms with Crippen LogP contribution in [0.5, 0.6) is 5.75 Å². The normalized spacial score (nSPS) is 11.7. The van der Waals surface area contributed by atoms with Crippen molar-refractivity contribution in [2.24, 2.45) is 5.92 Å². The van der Waals surface area contributed by atoms with Crippen molar-refractivity contribution in [3.05, 3.63) is 70.0 Å². The lowest BCUT2D eigenvalue weighted by atomic mass is 9.99. The maximum absolute atomic E-state index is 12.6. The van der Waals surface area contributed by atoms with Crippen molar-refractivity contribution in [3.8, 4) is 17.0 Å². The minimum absolute atomic E-state index is 0.137. The maximum Gasteiger partial charge on any atom is 0.310 e. The summed E-state index contributed by atoms with van der Waals surface area (Å²) in [5, 5.41) is 16.2. The number of aromatic nitrogens is 1. The van der Waals surface area contributed by atoms with Gasteiger partial charge in [-0.25, -0.2) is 0 Å². The summed E-state index contributed by atoms with van der Waals surface area (Å²) in [6.45, 7) is 1.93. The first kappa shape index (κ1) is 20.5. The van der Waals surface area contributed by atoms with Crippen molar-refractivity contribution >= 4 is 23.2 Å². The molecule has 6 nitrogen and oxygen atoms in total. The number of nitrogens with one attached hydrogen (secondary N) is 1. The number of rotatable bonds is 7. The summed E-state index contributed by atoms with van der Waals surface area (Å²) in [5.74, 6) is -1.06. The second-order valence-electron chi connectivity index (χ2n) is 6.64. The highest BCUT2D eigenvalue weighted by atomic mass is 32.1. The van der Waals surface area contributed by atoms with Crippen molar-refractivity contribution < 1.29 is 19.4 Å². The lowest BCUT2D eigenvalue weighted by molar-refractivity contribution is -0.145. The van der Waals surface area contributed by atoms with E-state index in [2.05, 4.69) is 10.3 Å². The standard InChI is InChI=1S/C22H22N2O4S/c1-14-19(7-8-20(24-14)16-9-10-29-13-16)21(26)23-12-17(22(27)28-2)11-15-3-5-18(25)6-4-15/h3-10,13,17,25H,11-12H2,1-2H3,(H,23,26). The number of hydrogen-bond acceptors (Lipinski definition) is 6. The molecule has 3 aromatic rings. The Morgan fingerprint density at radius 2 is 1.93 bits per heavy atom. The third kappa shape index (κ3) is 5.20. The number of aromatic hydroxyl groups is 1. The van der Waals surface area contributed by atoms with E-state index >= 15 is 0 Å². The molecule has 29 heavy (non-hydrogen) atoms. The molecule has 2 N–H and O–H groups in total. The van der Waals surface area contributed by atoms with Crippen LogP contribution in [0.3, 0.4) is 0 Å². The second kappa shape index (κ2) is 9.34. The minimum Gasteiger partial charge on any atom is -0.508 e. The van der Waals surface area contributed by atoms with Crippen LogP contribution >= 0.6 is 11.3 Å². The maximum atomic E-state index is 12.6. The van der Waals surface area contributed by atoms with Gasteiger partial charge in [0.2, 0.25) is 0 Å². The number of ether oxygens (including phenoxy) is 1. The van der Waals surface area contributed by atoms with Crippen LogP contribution in [0, 0.1) is 12.8 Å². The van der Waals surface area contributed by atoms with Crippen molar-refractivity contribution in [1.82, 2.24) is 10.3 Å². The van der Waals surface area contributed by atoms with Gasteiger partial charge in [-0.15, -0.1) is 0 Å². The number of carbonyl (C=O) groups is 2. The Morgan fingerprint density at radius 3 is 2.55 bits per heavy atom. The molecule has 3 rings (SSSR count). The molecule has 0 fully saturated rings. The highest BCUT2D eigenvalue weighted by Gasteiger charge is 2.22. The molecular formula is C22H22N2O4S. The third-order valence-electron chi connectivity index (χ3n) is 4.61. The van der Waals surface area contributed by atoms with E-state index in [4.69, 9.17) is 4.74 Å². The quantitative estimate of drug-likeness (QED) is 0.581. The van der Waals surface area contributed by atoms with Gasteiger partial charge < -0.3 is 15.2 Å². The predicted molar refractivity (Wildman–Crippen MR) is 112 cm³/mol. The van der Waals surface area contributed by atoms with Gasteiger partial charge in [0.25, 0.3) is 5.91 Å². The van der Waals surface area contributed by atoms with E-state index in [0.717, 1.165) is 16.8 Å². The number of phenols is 1. The van der Waals surface area contributed by atoms with Crippen LogP contribution in [0.4, 0.5) is 0 Å². The zero-order valence-electron chi connectivity index (χ0n) is 16.2. The van der Waals surface area contributed by atoms with Gasteiger partial charge in [-0.3, -0.25) is 14.6 Å². The fourth-order valence-corrected chi connectivity index (χ4v) is 3.65. The Bertz CT molecular complexity index is 985. The van der Waals surface area contributed by atoms with Gasteiger partial charge in [0.05, 0.1) is 30.0 Å². The summed E-state index contributed by atoms with van der Waals surface area (Å²) in [4.78, 5) is 29.3. The molecule has 2 heterocycles. The summed E-state index contributed by atoms with van der Waals surface area (Å²) in [6, 6.07) is 12.2. The van der Waals surface area contributed by atoms with Crippen molar-refractivity contribution in [2.75, 3.05) is 13.7 Å². The van der Waals surface area contributed by atoms with E-state index in [1.165, 1.54) is 7.11 Å². The van der Waals surface area contributed by atoms with Gasteiger partial charge in [-0.05, 0) is 54.6 Å². The van der Waals surface area contributed by atoms with Crippen LogP contribution < -0.4 is 5.32 Å². The highest BCUT2D eigenvalue weighted by Crippen LogP contribution is 2.21. The van der Waals surface area contributed by atoms with Gasteiger partial charge in [0, 0.05) is 17.5 Å². The highest BCUT2D eigenvalue weighted by molar-refractivity contribution is 7.08. The summed E-state index contributed by atoms with van der Waals surface area (Å²) in [5.41, 5.74) is 3.80. The van der Waals surface area contributed by atoms with Gasteiger partial charge >= 0.3 is 5.97 Å². The molecule has 1 amide bonds. The zero-order chi connectivity index (χ0) is 20.8. The third-order valence-corrected chi connectivity index (χ3v) is 5.29. The molecule has 0 aliphatic carbocycles. The number of carbonyl (C=O) groups excluding carboxylic acids is 2. The number of hydrogen-bond donors (Lipinski definition) is 2. The van der Waals surface area contributed by atoms with Gasteiger partial charge in [0.15, 0.2) is 0 Å². The number of pyridine rings is 1. The Labute approximate surface area is 173 Å². The zero-order valence-corrected chi connectivity index (χ0v) is 17.0. The number of methoxy groups -OCH3 is 1. The molecule has 0 radical (unpaired) electrons. The van der Waals surface area contributed by atoms with Crippen molar-refractivity contribution in [2.45, 2.75) is 13.3 Å². The summed E-state index contributed by atoms with van der Waals surface area (Å²) in [7, 11) is 1.32. The molecule has 0 spiro atoms. The lowest BCUT2D eigenvalue weighted by Gasteiger charge is -2.16. The number of aryl methyl sites for hydroxylation is 1. The topological polar surface area (TPSA) is 88.5 Å².